The van der Waals surface area contributed by atoms with Gasteiger partial charge in [-0.2, -0.15) is 0 Å². The maximum absolute atomic E-state index is 9.10. The molecule has 0 saturated carbocycles. The van der Waals surface area contributed by atoms with Gasteiger partial charge in [-0.25, -0.2) is 0 Å². The number of aliphatic hydroxyl groups is 3. The SMILES string of the molecule is OCC1OCC[C@@H](O)[C@H]1O. The minimum Gasteiger partial charge on any atom is -0.394 e. The zero-order valence-electron chi connectivity index (χ0n) is 5.60. The van der Waals surface area contributed by atoms with E-state index < -0.39 is 18.3 Å². The zero-order valence-corrected chi connectivity index (χ0v) is 5.60. The topological polar surface area (TPSA) is 69.9 Å². The van der Waals surface area contributed by atoms with Crippen molar-refractivity contribution >= 4 is 0 Å². The summed E-state index contributed by atoms with van der Waals surface area (Å²) in [6.07, 6.45) is -1.84. The third-order valence-electron chi connectivity index (χ3n) is 1.70. The van der Waals surface area contributed by atoms with E-state index in [0.717, 1.165) is 0 Å². The summed E-state index contributed by atoms with van der Waals surface area (Å²) in [4.78, 5) is 0. The van der Waals surface area contributed by atoms with Crippen LogP contribution in [0.5, 0.6) is 0 Å². The molecule has 60 valence electrons. The van der Waals surface area contributed by atoms with E-state index in [1.165, 1.54) is 0 Å². The highest BCUT2D eigenvalue weighted by atomic mass is 16.5. The normalized spacial score (nSPS) is 41.7. The van der Waals surface area contributed by atoms with Gasteiger partial charge in [0.25, 0.3) is 0 Å². The van der Waals surface area contributed by atoms with E-state index in [-0.39, 0.29) is 6.61 Å². The lowest BCUT2D eigenvalue weighted by molar-refractivity contribution is -0.147. The van der Waals surface area contributed by atoms with Crippen LogP contribution >= 0.6 is 0 Å². The largest absolute Gasteiger partial charge is 0.394 e. The molecule has 3 N–H and O–H groups in total. The Morgan fingerprint density at radius 1 is 1.40 bits per heavy atom. The van der Waals surface area contributed by atoms with Crippen LogP contribution in [0.3, 0.4) is 0 Å². The molecule has 0 amide bonds. The summed E-state index contributed by atoms with van der Waals surface area (Å²) in [6, 6.07) is 0. The molecule has 0 spiro atoms. The Labute approximate surface area is 59.1 Å². The fourth-order valence-electron chi connectivity index (χ4n) is 1.02. The average Bonchev–Trinajstić information content (AvgIpc) is 1.95. The summed E-state index contributed by atoms with van der Waals surface area (Å²) < 4.78 is 4.95. The Balaban J connectivity index is 2.42. The second-order valence-corrected chi connectivity index (χ2v) is 2.44. The van der Waals surface area contributed by atoms with Gasteiger partial charge in [0.05, 0.1) is 12.7 Å². The second kappa shape index (κ2) is 3.30. The second-order valence-electron chi connectivity index (χ2n) is 2.44. The van der Waals surface area contributed by atoms with Gasteiger partial charge in [-0.3, -0.25) is 0 Å². The van der Waals surface area contributed by atoms with Crippen molar-refractivity contribution in [3.63, 3.8) is 0 Å². The lowest BCUT2D eigenvalue weighted by Crippen LogP contribution is -2.46. The number of hydrogen-bond donors (Lipinski definition) is 3. The van der Waals surface area contributed by atoms with Crippen LogP contribution in [0, 0.1) is 0 Å². The van der Waals surface area contributed by atoms with Crippen molar-refractivity contribution in [2.75, 3.05) is 13.2 Å². The van der Waals surface area contributed by atoms with Gasteiger partial charge in [0.2, 0.25) is 0 Å². The van der Waals surface area contributed by atoms with Crippen LogP contribution in [-0.4, -0.2) is 46.8 Å². The van der Waals surface area contributed by atoms with Crippen LogP contribution in [-0.2, 0) is 4.74 Å². The molecule has 4 nitrogen and oxygen atoms in total. The van der Waals surface area contributed by atoms with E-state index in [1.807, 2.05) is 0 Å². The van der Waals surface area contributed by atoms with Gasteiger partial charge in [0.15, 0.2) is 0 Å². The molecule has 10 heavy (non-hydrogen) atoms. The number of hydrogen-bond acceptors (Lipinski definition) is 4. The monoisotopic (exact) mass is 148 g/mol. The van der Waals surface area contributed by atoms with Crippen molar-refractivity contribution in [1.82, 2.24) is 0 Å². The van der Waals surface area contributed by atoms with Crippen molar-refractivity contribution < 1.29 is 20.1 Å². The minimum absolute atomic E-state index is 0.238. The molecule has 0 bridgehead atoms. The summed E-state index contributed by atoms with van der Waals surface area (Å²) in [5.74, 6) is 0. The van der Waals surface area contributed by atoms with Crippen molar-refractivity contribution in [2.45, 2.75) is 24.7 Å². The third-order valence-corrected chi connectivity index (χ3v) is 1.70. The number of rotatable bonds is 1. The Morgan fingerprint density at radius 2 is 2.10 bits per heavy atom. The van der Waals surface area contributed by atoms with Crippen LogP contribution in [0.25, 0.3) is 0 Å². The van der Waals surface area contributed by atoms with Crippen LogP contribution in [0.15, 0.2) is 0 Å². The number of ether oxygens (including phenoxy) is 1. The first-order valence-corrected chi connectivity index (χ1v) is 3.34. The summed E-state index contributed by atoms with van der Waals surface area (Å²) in [5.41, 5.74) is 0. The molecule has 0 aromatic rings. The van der Waals surface area contributed by atoms with Gasteiger partial charge >= 0.3 is 0 Å². The summed E-state index contributed by atoms with van der Waals surface area (Å²) in [6.45, 7) is 0.168. The van der Waals surface area contributed by atoms with Gasteiger partial charge in [-0.15, -0.1) is 0 Å². The van der Waals surface area contributed by atoms with Crippen molar-refractivity contribution in [1.29, 1.82) is 0 Å². The third kappa shape index (κ3) is 1.46. The molecule has 1 fully saturated rings. The Hall–Kier alpha value is -0.160. The molecule has 1 aliphatic heterocycles. The molecule has 0 aliphatic carbocycles. The first-order chi connectivity index (χ1) is 4.75. The molecule has 1 aliphatic rings. The van der Waals surface area contributed by atoms with E-state index >= 15 is 0 Å². The number of aliphatic hydroxyl groups excluding tert-OH is 3. The molecule has 1 heterocycles. The summed E-state index contributed by atoms with van der Waals surface area (Å²) in [5, 5.41) is 26.7. The molecule has 1 saturated heterocycles. The van der Waals surface area contributed by atoms with E-state index in [1.54, 1.807) is 0 Å². The maximum atomic E-state index is 9.10. The highest BCUT2D eigenvalue weighted by Crippen LogP contribution is 2.13. The van der Waals surface area contributed by atoms with Gasteiger partial charge in [0.1, 0.15) is 12.2 Å². The van der Waals surface area contributed by atoms with Gasteiger partial charge in [-0.1, -0.05) is 0 Å². The molecule has 0 aromatic carbocycles. The molecule has 1 unspecified atom stereocenters. The highest BCUT2D eigenvalue weighted by Gasteiger charge is 2.30. The van der Waals surface area contributed by atoms with Crippen LogP contribution in [0.4, 0.5) is 0 Å². The Bertz CT molecular complexity index is 106. The first kappa shape index (κ1) is 7.94. The van der Waals surface area contributed by atoms with E-state index in [4.69, 9.17) is 20.1 Å². The van der Waals surface area contributed by atoms with Gasteiger partial charge in [-0.05, 0) is 6.42 Å². The predicted octanol–water partition coefficient (Wildman–Crippen LogP) is -1.51. The molecule has 3 atom stereocenters. The van der Waals surface area contributed by atoms with E-state index in [2.05, 4.69) is 0 Å². The fraction of sp³-hybridized carbons (Fsp3) is 1.00. The average molecular weight is 148 g/mol. The van der Waals surface area contributed by atoms with Crippen molar-refractivity contribution in [2.24, 2.45) is 0 Å². The standard InChI is InChI=1S/C6H12O4/c7-3-5-6(9)4(8)1-2-10-5/h4-9H,1-3H2/t4-,5?,6-/m1/s1. The predicted molar refractivity (Wildman–Crippen MR) is 33.5 cm³/mol. The Kier molecular flexibility index (Phi) is 2.62. The molecular weight excluding hydrogens is 136 g/mol. The minimum atomic E-state index is -0.932. The fourth-order valence-corrected chi connectivity index (χ4v) is 1.02. The quantitative estimate of drug-likeness (QED) is 0.423. The smallest absolute Gasteiger partial charge is 0.109 e. The molecular formula is C6H12O4. The summed E-state index contributed by atoms with van der Waals surface area (Å²) in [7, 11) is 0. The van der Waals surface area contributed by atoms with Crippen molar-refractivity contribution in [3.05, 3.63) is 0 Å². The lowest BCUT2D eigenvalue weighted by Gasteiger charge is -2.30. The Morgan fingerprint density at radius 3 is 2.60 bits per heavy atom. The maximum Gasteiger partial charge on any atom is 0.109 e. The van der Waals surface area contributed by atoms with Crippen LogP contribution < -0.4 is 0 Å². The molecule has 0 aromatic heterocycles. The van der Waals surface area contributed by atoms with E-state index in [9.17, 15) is 0 Å². The van der Waals surface area contributed by atoms with Gasteiger partial charge in [0, 0.05) is 6.61 Å². The highest BCUT2D eigenvalue weighted by molar-refractivity contribution is 4.79. The first-order valence-electron chi connectivity index (χ1n) is 3.34. The van der Waals surface area contributed by atoms with Crippen LogP contribution in [0.1, 0.15) is 6.42 Å². The van der Waals surface area contributed by atoms with E-state index in [0.29, 0.717) is 13.0 Å². The van der Waals surface area contributed by atoms with Crippen LogP contribution in [0.2, 0.25) is 0 Å². The zero-order chi connectivity index (χ0) is 7.56. The summed E-state index contributed by atoms with van der Waals surface area (Å²) >= 11 is 0. The van der Waals surface area contributed by atoms with Crippen molar-refractivity contribution in [3.8, 4) is 0 Å². The molecule has 1 rings (SSSR count). The van der Waals surface area contributed by atoms with Gasteiger partial charge < -0.3 is 20.1 Å². The molecule has 0 radical (unpaired) electrons. The lowest BCUT2D eigenvalue weighted by atomic mass is 10.0. The molecule has 4 heteroatoms.